The summed E-state index contributed by atoms with van der Waals surface area (Å²) in [5, 5.41) is 2.78. The smallest absolute Gasteiger partial charge is 0.256 e. The van der Waals surface area contributed by atoms with Crippen molar-refractivity contribution in [1.29, 1.82) is 0 Å². The lowest BCUT2D eigenvalue weighted by atomic mass is 10.0. The molecule has 1 amide bonds. The van der Waals surface area contributed by atoms with Crippen molar-refractivity contribution < 1.29 is 17.9 Å². The van der Waals surface area contributed by atoms with Gasteiger partial charge in [-0.1, -0.05) is 6.92 Å². The van der Waals surface area contributed by atoms with Crippen molar-refractivity contribution in [2.45, 2.75) is 24.7 Å². The van der Waals surface area contributed by atoms with E-state index in [1.165, 1.54) is 19.2 Å². The summed E-state index contributed by atoms with van der Waals surface area (Å²) < 4.78 is 33.0. The monoisotopic (exact) mass is 466 g/mol. The molecule has 1 atom stereocenters. The normalized spacial score (nSPS) is 17.9. The Kier molecular flexibility index (Phi) is 6.42. The third kappa shape index (κ3) is 4.56. The number of nitrogens with zero attached hydrogens (tertiary/aromatic N) is 1. The maximum absolute atomic E-state index is 12.8. The molecule has 1 saturated heterocycles. The lowest BCUT2D eigenvalue weighted by Crippen LogP contribution is -2.39. The number of amides is 1. The first-order valence-corrected chi connectivity index (χ1v) is 11.3. The number of halogens is 1. The van der Waals surface area contributed by atoms with Crippen molar-refractivity contribution in [3.05, 3.63) is 52.5 Å². The van der Waals surface area contributed by atoms with Gasteiger partial charge in [-0.3, -0.25) is 4.79 Å². The minimum Gasteiger partial charge on any atom is -0.497 e. The molecule has 2 aromatic carbocycles. The number of carbonyl (C=O) groups is 1. The number of carbonyl (C=O) groups excluding carboxylic acids is 1. The molecule has 0 radical (unpaired) electrons. The molecule has 3 rings (SSSR count). The van der Waals surface area contributed by atoms with E-state index in [1.54, 1.807) is 34.6 Å². The Morgan fingerprint density at radius 1 is 1.21 bits per heavy atom. The Morgan fingerprint density at radius 3 is 2.57 bits per heavy atom. The van der Waals surface area contributed by atoms with E-state index < -0.39 is 10.0 Å². The van der Waals surface area contributed by atoms with Crippen molar-refractivity contribution in [3.63, 3.8) is 0 Å². The number of methoxy groups -OCH3 is 1. The molecule has 1 fully saturated rings. The molecule has 8 heteroatoms. The second-order valence-corrected chi connectivity index (χ2v) is 9.73. The van der Waals surface area contributed by atoms with Crippen LogP contribution in [-0.4, -0.2) is 38.8 Å². The van der Waals surface area contributed by atoms with E-state index in [9.17, 15) is 13.2 Å². The summed E-state index contributed by atoms with van der Waals surface area (Å²) in [6.45, 7) is 3.16. The van der Waals surface area contributed by atoms with E-state index in [0.29, 0.717) is 40.5 Å². The van der Waals surface area contributed by atoms with E-state index in [4.69, 9.17) is 4.74 Å². The molecule has 6 nitrogen and oxygen atoms in total. The maximum atomic E-state index is 12.8. The van der Waals surface area contributed by atoms with Crippen molar-refractivity contribution in [1.82, 2.24) is 4.31 Å². The Bertz CT molecular complexity index is 961. The number of piperidine rings is 1. The van der Waals surface area contributed by atoms with E-state index >= 15 is 0 Å². The summed E-state index contributed by atoms with van der Waals surface area (Å²) >= 11 is 3.36. The summed E-state index contributed by atoms with van der Waals surface area (Å²) in [7, 11) is -1.98. The quantitative estimate of drug-likeness (QED) is 0.718. The van der Waals surface area contributed by atoms with Gasteiger partial charge in [-0.2, -0.15) is 4.31 Å². The van der Waals surface area contributed by atoms with Crippen LogP contribution in [0.15, 0.2) is 51.8 Å². The summed E-state index contributed by atoms with van der Waals surface area (Å²) in [4.78, 5) is 12.8. The molecule has 1 aliphatic heterocycles. The summed E-state index contributed by atoms with van der Waals surface area (Å²) in [5.41, 5.74) is 0.948. The minimum absolute atomic E-state index is 0.238. The Hall–Kier alpha value is -1.90. The number of anilines is 1. The molecule has 1 N–H and O–H groups in total. The van der Waals surface area contributed by atoms with Crippen molar-refractivity contribution >= 4 is 37.5 Å². The predicted molar refractivity (Wildman–Crippen MR) is 112 cm³/mol. The van der Waals surface area contributed by atoms with Gasteiger partial charge in [-0.25, -0.2) is 8.42 Å². The van der Waals surface area contributed by atoms with E-state index in [1.807, 2.05) is 0 Å². The van der Waals surface area contributed by atoms with Crippen LogP contribution in [0.5, 0.6) is 5.75 Å². The van der Waals surface area contributed by atoms with Gasteiger partial charge in [0, 0.05) is 23.2 Å². The number of benzene rings is 2. The van der Waals surface area contributed by atoms with Crippen LogP contribution in [-0.2, 0) is 10.0 Å². The van der Waals surface area contributed by atoms with Gasteiger partial charge in [0.1, 0.15) is 5.75 Å². The number of rotatable bonds is 5. The first-order valence-electron chi connectivity index (χ1n) is 9.06. The Labute approximate surface area is 174 Å². The molecule has 2 aromatic rings. The lowest BCUT2D eigenvalue weighted by Gasteiger charge is -2.30. The van der Waals surface area contributed by atoms with Crippen LogP contribution in [0.1, 0.15) is 30.1 Å². The highest BCUT2D eigenvalue weighted by atomic mass is 79.9. The molecule has 0 saturated carbocycles. The molecular formula is C20H23BrN2O4S. The molecule has 0 bridgehead atoms. The molecule has 1 aliphatic rings. The van der Waals surface area contributed by atoms with Gasteiger partial charge in [0.15, 0.2) is 0 Å². The number of nitrogens with one attached hydrogen (secondary N) is 1. The molecular weight excluding hydrogens is 444 g/mol. The molecule has 0 aliphatic carbocycles. The predicted octanol–water partition coefficient (Wildman–Crippen LogP) is 4.13. The van der Waals surface area contributed by atoms with E-state index in [-0.39, 0.29) is 10.8 Å². The molecule has 0 spiro atoms. The Morgan fingerprint density at radius 2 is 1.93 bits per heavy atom. The zero-order chi connectivity index (χ0) is 20.3. The molecule has 1 unspecified atom stereocenters. The SMILES string of the molecule is COc1ccc(Br)c(C(=O)Nc2ccc(S(=O)(=O)N3CCCC(C)C3)cc2)c1. The topological polar surface area (TPSA) is 75.7 Å². The lowest BCUT2D eigenvalue weighted by molar-refractivity contribution is 0.102. The van der Waals surface area contributed by atoms with Crippen LogP contribution in [0, 0.1) is 5.92 Å². The fourth-order valence-corrected chi connectivity index (χ4v) is 5.25. The van der Waals surface area contributed by atoms with Gasteiger partial charge in [0.2, 0.25) is 10.0 Å². The second-order valence-electron chi connectivity index (χ2n) is 6.93. The zero-order valence-corrected chi connectivity index (χ0v) is 18.2. The summed E-state index contributed by atoms with van der Waals surface area (Å²) in [6, 6.07) is 11.4. The molecule has 0 aromatic heterocycles. The van der Waals surface area contributed by atoms with Gasteiger partial charge in [0.05, 0.1) is 17.6 Å². The Balaban J connectivity index is 1.75. The maximum Gasteiger partial charge on any atom is 0.256 e. The summed E-state index contributed by atoms with van der Waals surface area (Å²) in [5.74, 6) is 0.625. The van der Waals surface area contributed by atoms with Crippen molar-refractivity contribution in [3.8, 4) is 5.75 Å². The highest BCUT2D eigenvalue weighted by molar-refractivity contribution is 9.10. The average molecular weight is 467 g/mol. The number of hydrogen-bond acceptors (Lipinski definition) is 4. The highest BCUT2D eigenvalue weighted by Crippen LogP contribution is 2.26. The standard InChI is InChI=1S/C20H23BrN2O4S/c1-14-4-3-11-23(13-14)28(25,26)17-8-5-15(6-9-17)22-20(24)18-12-16(27-2)7-10-19(18)21/h5-10,12,14H,3-4,11,13H2,1-2H3,(H,22,24). The van der Waals surface area contributed by atoms with Crippen LogP contribution < -0.4 is 10.1 Å². The van der Waals surface area contributed by atoms with Gasteiger partial charge >= 0.3 is 0 Å². The number of hydrogen-bond donors (Lipinski definition) is 1. The highest BCUT2D eigenvalue weighted by Gasteiger charge is 2.28. The third-order valence-corrected chi connectivity index (χ3v) is 7.36. The second kappa shape index (κ2) is 8.63. The fourth-order valence-electron chi connectivity index (χ4n) is 3.23. The minimum atomic E-state index is -3.51. The zero-order valence-electron chi connectivity index (χ0n) is 15.8. The fraction of sp³-hybridized carbons (Fsp3) is 0.350. The van der Waals surface area contributed by atoms with Crippen molar-refractivity contribution in [2.75, 3.05) is 25.5 Å². The summed E-state index contributed by atoms with van der Waals surface area (Å²) in [6.07, 6.45) is 1.93. The van der Waals surface area contributed by atoms with Gasteiger partial charge in [-0.15, -0.1) is 0 Å². The van der Waals surface area contributed by atoms with Crippen LogP contribution in [0.2, 0.25) is 0 Å². The van der Waals surface area contributed by atoms with E-state index in [2.05, 4.69) is 28.2 Å². The van der Waals surface area contributed by atoms with Crippen LogP contribution in [0.25, 0.3) is 0 Å². The first-order chi connectivity index (χ1) is 13.3. The first kappa shape index (κ1) is 20.8. The van der Waals surface area contributed by atoms with Gasteiger partial charge in [0.25, 0.3) is 5.91 Å². The van der Waals surface area contributed by atoms with Crippen LogP contribution in [0.4, 0.5) is 5.69 Å². The van der Waals surface area contributed by atoms with Crippen LogP contribution in [0.3, 0.4) is 0 Å². The number of sulfonamides is 1. The van der Waals surface area contributed by atoms with Gasteiger partial charge in [-0.05, 0) is 77.2 Å². The van der Waals surface area contributed by atoms with Crippen molar-refractivity contribution in [2.24, 2.45) is 5.92 Å². The van der Waals surface area contributed by atoms with E-state index in [0.717, 1.165) is 12.8 Å². The molecule has 1 heterocycles. The van der Waals surface area contributed by atoms with Gasteiger partial charge < -0.3 is 10.1 Å². The molecule has 28 heavy (non-hydrogen) atoms. The number of ether oxygens (including phenoxy) is 1. The third-order valence-electron chi connectivity index (χ3n) is 4.79. The average Bonchev–Trinajstić information content (AvgIpc) is 2.68. The van der Waals surface area contributed by atoms with Crippen LogP contribution >= 0.6 is 15.9 Å². The molecule has 150 valence electrons. The largest absolute Gasteiger partial charge is 0.497 e.